The number of aliphatic imine (C=N–C) groups is 1. The van der Waals surface area contributed by atoms with E-state index in [1.165, 1.54) is 53.3 Å². The number of fused-ring (bicyclic) bond motifs is 3. The van der Waals surface area contributed by atoms with Gasteiger partial charge in [-0.05, 0) is 55.7 Å². The van der Waals surface area contributed by atoms with Gasteiger partial charge in [-0.3, -0.25) is 9.89 Å². The van der Waals surface area contributed by atoms with Crippen LogP contribution in [0.2, 0.25) is 0 Å². The van der Waals surface area contributed by atoms with Gasteiger partial charge in [0.2, 0.25) is 0 Å². The van der Waals surface area contributed by atoms with Gasteiger partial charge < -0.3 is 15.6 Å². The molecular weight excluding hydrogens is 394 g/mol. The van der Waals surface area contributed by atoms with Gasteiger partial charge in [0, 0.05) is 55.4 Å². The van der Waals surface area contributed by atoms with E-state index in [0.29, 0.717) is 18.1 Å². The Morgan fingerprint density at radius 1 is 1.06 bits per heavy atom. The quantitative estimate of drug-likeness (QED) is 0.403. The number of H-pyrrole nitrogens is 1. The Morgan fingerprint density at radius 3 is 2.59 bits per heavy atom. The van der Waals surface area contributed by atoms with E-state index >= 15 is 0 Å². The molecule has 2 unspecified atom stereocenters. The predicted octanol–water partition coefficient (Wildman–Crippen LogP) is 4.38. The fourth-order valence-corrected chi connectivity index (χ4v) is 5.72. The Balaban J connectivity index is 1.13. The number of aromatic nitrogens is 1. The van der Waals surface area contributed by atoms with E-state index in [2.05, 4.69) is 87.2 Å². The van der Waals surface area contributed by atoms with E-state index in [-0.39, 0.29) is 0 Å². The molecule has 168 valence electrons. The average Bonchev–Trinajstić information content (AvgIpc) is 3.32. The van der Waals surface area contributed by atoms with Gasteiger partial charge in [0.25, 0.3) is 0 Å². The minimum absolute atomic E-state index is 0.501. The fraction of sp³-hybridized carbons (Fsp3) is 0.444. The molecule has 5 rings (SSSR count). The number of nitrogens with zero attached hydrogens (tertiary/aromatic N) is 2. The highest BCUT2D eigenvalue weighted by Crippen LogP contribution is 2.36. The first-order valence-electron chi connectivity index (χ1n) is 12.0. The summed E-state index contributed by atoms with van der Waals surface area (Å²) in [6.45, 7) is 4.12. The highest BCUT2D eigenvalue weighted by molar-refractivity contribution is 5.86. The number of guanidine groups is 1. The smallest absolute Gasteiger partial charge is 0.191 e. The molecule has 0 saturated carbocycles. The summed E-state index contributed by atoms with van der Waals surface area (Å²) in [5.74, 6) is 0.932. The van der Waals surface area contributed by atoms with Crippen molar-refractivity contribution in [3.8, 4) is 0 Å². The zero-order chi connectivity index (χ0) is 21.9. The first kappa shape index (κ1) is 21.1. The van der Waals surface area contributed by atoms with Gasteiger partial charge in [-0.25, -0.2) is 0 Å². The Kier molecular flexibility index (Phi) is 6.17. The van der Waals surface area contributed by atoms with Crippen LogP contribution >= 0.6 is 0 Å². The van der Waals surface area contributed by atoms with Crippen LogP contribution in [-0.2, 0) is 13.0 Å². The molecule has 2 atom stereocenters. The van der Waals surface area contributed by atoms with Crippen molar-refractivity contribution < 1.29 is 0 Å². The summed E-state index contributed by atoms with van der Waals surface area (Å²) >= 11 is 0. The highest BCUT2D eigenvalue weighted by Gasteiger charge is 2.40. The monoisotopic (exact) mass is 429 g/mol. The molecule has 2 aromatic carbocycles. The zero-order valence-electron chi connectivity index (χ0n) is 19.3. The second kappa shape index (κ2) is 9.37. The summed E-state index contributed by atoms with van der Waals surface area (Å²) in [7, 11) is 1.88. The third kappa shape index (κ3) is 4.40. The summed E-state index contributed by atoms with van der Waals surface area (Å²) < 4.78 is 0. The molecule has 1 aromatic heterocycles. The van der Waals surface area contributed by atoms with Crippen molar-refractivity contribution in [3.05, 3.63) is 71.4 Å². The highest BCUT2D eigenvalue weighted by atomic mass is 15.2. The normalized spacial score (nSPS) is 23.6. The molecular formula is C27H35N5. The average molecular weight is 430 g/mol. The second-order valence-electron chi connectivity index (χ2n) is 9.42. The van der Waals surface area contributed by atoms with Gasteiger partial charge >= 0.3 is 0 Å². The van der Waals surface area contributed by atoms with Crippen LogP contribution in [0.25, 0.3) is 10.9 Å². The predicted molar refractivity (Wildman–Crippen MR) is 133 cm³/mol. The summed E-state index contributed by atoms with van der Waals surface area (Å²) in [6.07, 6.45) is 8.17. The largest absolute Gasteiger partial charge is 0.361 e. The summed E-state index contributed by atoms with van der Waals surface area (Å²) in [4.78, 5) is 10.7. The van der Waals surface area contributed by atoms with E-state index in [1.54, 1.807) is 0 Å². The van der Waals surface area contributed by atoms with Crippen molar-refractivity contribution in [3.63, 3.8) is 0 Å². The van der Waals surface area contributed by atoms with Gasteiger partial charge in [-0.1, -0.05) is 48.5 Å². The molecule has 2 bridgehead atoms. The maximum atomic E-state index is 4.51. The van der Waals surface area contributed by atoms with E-state index < -0.39 is 0 Å². The standard InChI is InChI=1S/C27H35N5/c1-19-7-6-10-25-21(17-30-26(19)25)13-14-29-27(28-2)31-22-15-23-11-12-24(16-22)32(23)18-20-8-4-3-5-9-20/h3-10,17,22-24,30H,11-16,18H2,1-2H3,(H2,28,29,31). The van der Waals surface area contributed by atoms with Crippen molar-refractivity contribution in [2.45, 2.75) is 63.7 Å². The molecule has 2 aliphatic heterocycles. The van der Waals surface area contributed by atoms with E-state index in [1.807, 2.05) is 7.05 Å². The van der Waals surface area contributed by atoms with Crippen LogP contribution in [0.15, 0.2) is 59.7 Å². The van der Waals surface area contributed by atoms with Crippen LogP contribution in [0, 0.1) is 6.92 Å². The number of piperidine rings is 1. The van der Waals surface area contributed by atoms with Crippen molar-refractivity contribution >= 4 is 16.9 Å². The molecule has 3 N–H and O–H groups in total. The first-order chi connectivity index (χ1) is 15.7. The Labute approximate surface area is 191 Å². The molecule has 0 radical (unpaired) electrons. The lowest BCUT2D eigenvalue weighted by atomic mass is 9.96. The maximum Gasteiger partial charge on any atom is 0.191 e. The van der Waals surface area contributed by atoms with Gasteiger partial charge in [0.15, 0.2) is 5.96 Å². The van der Waals surface area contributed by atoms with Crippen molar-refractivity contribution in [1.82, 2.24) is 20.5 Å². The van der Waals surface area contributed by atoms with E-state index in [9.17, 15) is 0 Å². The topological polar surface area (TPSA) is 55.5 Å². The van der Waals surface area contributed by atoms with Crippen LogP contribution in [0.1, 0.15) is 42.4 Å². The number of aromatic amines is 1. The van der Waals surface area contributed by atoms with Gasteiger partial charge in [-0.15, -0.1) is 0 Å². The first-order valence-corrected chi connectivity index (χ1v) is 12.0. The van der Waals surface area contributed by atoms with Crippen molar-refractivity contribution in [1.29, 1.82) is 0 Å². The number of aryl methyl sites for hydroxylation is 1. The lowest BCUT2D eigenvalue weighted by Crippen LogP contribution is -2.52. The Hall–Kier alpha value is -2.79. The minimum Gasteiger partial charge on any atom is -0.361 e. The lowest BCUT2D eigenvalue weighted by molar-refractivity contribution is 0.114. The molecule has 5 heteroatoms. The third-order valence-electron chi connectivity index (χ3n) is 7.35. The van der Waals surface area contributed by atoms with E-state index in [4.69, 9.17) is 0 Å². The van der Waals surface area contributed by atoms with Crippen LogP contribution in [0.4, 0.5) is 0 Å². The molecule has 3 aromatic rings. The van der Waals surface area contributed by atoms with Crippen molar-refractivity contribution in [2.75, 3.05) is 13.6 Å². The Bertz CT molecular complexity index is 1060. The van der Waals surface area contributed by atoms with Crippen LogP contribution in [0.3, 0.4) is 0 Å². The molecule has 2 aliphatic rings. The molecule has 0 amide bonds. The van der Waals surface area contributed by atoms with Crippen molar-refractivity contribution in [2.24, 2.45) is 4.99 Å². The Morgan fingerprint density at radius 2 is 1.84 bits per heavy atom. The number of nitrogens with one attached hydrogen (secondary N) is 3. The van der Waals surface area contributed by atoms with Gasteiger partial charge in [-0.2, -0.15) is 0 Å². The SMILES string of the molecule is CN=C(NCCc1c[nH]c2c(C)cccc12)NC1CC2CCC(C1)N2Cc1ccccc1. The number of benzene rings is 2. The van der Waals surface area contributed by atoms with E-state index in [0.717, 1.165) is 25.5 Å². The van der Waals surface area contributed by atoms with Crippen LogP contribution in [0.5, 0.6) is 0 Å². The molecule has 0 aliphatic carbocycles. The van der Waals surface area contributed by atoms with Crippen LogP contribution < -0.4 is 10.6 Å². The molecule has 2 fully saturated rings. The number of hydrogen-bond acceptors (Lipinski definition) is 2. The molecule has 3 heterocycles. The second-order valence-corrected chi connectivity index (χ2v) is 9.42. The molecule has 0 spiro atoms. The molecule has 32 heavy (non-hydrogen) atoms. The zero-order valence-corrected chi connectivity index (χ0v) is 19.3. The number of hydrogen-bond donors (Lipinski definition) is 3. The molecule has 2 saturated heterocycles. The number of para-hydroxylation sites is 1. The molecule has 5 nitrogen and oxygen atoms in total. The van der Waals surface area contributed by atoms with Gasteiger partial charge in [0.1, 0.15) is 0 Å². The lowest BCUT2D eigenvalue weighted by Gasteiger charge is -2.39. The summed E-state index contributed by atoms with van der Waals surface area (Å²) in [5.41, 5.74) is 5.34. The minimum atomic E-state index is 0.501. The third-order valence-corrected chi connectivity index (χ3v) is 7.35. The summed E-state index contributed by atoms with van der Waals surface area (Å²) in [5, 5.41) is 8.60. The fourth-order valence-electron chi connectivity index (χ4n) is 5.72. The number of rotatable bonds is 6. The summed E-state index contributed by atoms with van der Waals surface area (Å²) in [6, 6.07) is 19.3. The maximum absolute atomic E-state index is 4.51. The van der Waals surface area contributed by atoms with Crippen LogP contribution in [-0.4, -0.2) is 47.6 Å². The van der Waals surface area contributed by atoms with Gasteiger partial charge in [0.05, 0.1) is 0 Å².